The SMILES string of the molecule is Cc1noc(C)c1CN1C(=O)N[C@](C)(CCc2ccccc2)C1=O. The monoisotopic (exact) mass is 327 g/mol. The van der Waals surface area contributed by atoms with E-state index in [1.54, 1.807) is 20.8 Å². The summed E-state index contributed by atoms with van der Waals surface area (Å²) in [4.78, 5) is 26.4. The molecule has 1 atom stereocenters. The highest BCUT2D eigenvalue weighted by atomic mass is 16.5. The lowest BCUT2D eigenvalue weighted by atomic mass is 9.93. The summed E-state index contributed by atoms with van der Waals surface area (Å²) in [6.07, 6.45) is 1.28. The Bertz CT molecular complexity index is 750. The molecule has 1 saturated heterocycles. The topological polar surface area (TPSA) is 75.4 Å². The van der Waals surface area contributed by atoms with Gasteiger partial charge < -0.3 is 9.84 Å². The van der Waals surface area contributed by atoms with E-state index in [0.29, 0.717) is 17.9 Å². The van der Waals surface area contributed by atoms with Crippen molar-refractivity contribution in [3.05, 3.63) is 52.9 Å². The Kier molecular flexibility index (Phi) is 4.13. The molecule has 24 heavy (non-hydrogen) atoms. The Labute approximate surface area is 140 Å². The average Bonchev–Trinajstić information content (AvgIpc) is 2.99. The lowest BCUT2D eigenvalue weighted by Gasteiger charge is -2.21. The molecule has 0 spiro atoms. The van der Waals surface area contributed by atoms with Gasteiger partial charge in [0.05, 0.1) is 12.2 Å². The number of amides is 3. The summed E-state index contributed by atoms with van der Waals surface area (Å²) >= 11 is 0. The van der Waals surface area contributed by atoms with E-state index in [2.05, 4.69) is 10.5 Å². The highest BCUT2D eigenvalue weighted by molar-refractivity contribution is 6.06. The maximum atomic E-state index is 12.8. The lowest BCUT2D eigenvalue weighted by Crippen LogP contribution is -2.44. The molecule has 0 saturated carbocycles. The Morgan fingerprint density at radius 1 is 1.21 bits per heavy atom. The molecule has 0 bridgehead atoms. The second-order valence-electron chi connectivity index (χ2n) is 6.44. The molecule has 3 amide bonds. The quantitative estimate of drug-likeness (QED) is 0.857. The van der Waals surface area contributed by atoms with Gasteiger partial charge in [-0.05, 0) is 39.2 Å². The van der Waals surface area contributed by atoms with Crippen molar-refractivity contribution >= 4 is 11.9 Å². The minimum atomic E-state index is -0.883. The van der Waals surface area contributed by atoms with E-state index in [1.807, 2.05) is 30.3 Å². The van der Waals surface area contributed by atoms with Crippen LogP contribution in [0.2, 0.25) is 0 Å². The van der Waals surface area contributed by atoms with Crippen LogP contribution in [-0.2, 0) is 17.8 Å². The molecule has 1 aromatic heterocycles. The number of carbonyl (C=O) groups excluding carboxylic acids is 2. The number of imide groups is 1. The zero-order valence-electron chi connectivity index (χ0n) is 14.1. The van der Waals surface area contributed by atoms with E-state index in [0.717, 1.165) is 17.5 Å². The Morgan fingerprint density at radius 2 is 1.92 bits per heavy atom. The van der Waals surface area contributed by atoms with Gasteiger partial charge in [0.15, 0.2) is 0 Å². The van der Waals surface area contributed by atoms with Gasteiger partial charge in [0.25, 0.3) is 5.91 Å². The molecule has 6 nitrogen and oxygen atoms in total. The molecule has 0 unspecified atom stereocenters. The van der Waals surface area contributed by atoms with Crippen LogP contribution in [0, 0.1) is 13.8 Å². The van der Waals surface area contributed by atoms with Gasteiger partial charge in [0, 0.05) is 5.56 Å². The number of benzene rings is 1. The molecule has 1 aliphatic rings. The summed E-state index contributed by atoms with van der Waals surface area (Å²) in [6, 6.07) is 9.57. The van der Waals surface area contributed by atoms with Gasteiger partial charge in [-0.3, -0.25) is 9.69 Å². The van der Waals surface area contributed by atoms with Crippen molar-refractivity contribution in [2.24, 2.45) is 0 Å². The number of carbonyl (C=O) groups is 2. The van der Waals surface area contributed by atoms with Crippen molar-refractivity contribution in [2.45, 2.75) is 45.7 Å². The molecular weight excluding hydrogens is 306 g/mol. The minimum Gasteiger partial charge on any atom is -0.361 e. The molecule has 6 heteroatoms. The van der Waals surface area contributed by atoms with E-state index in [1.165, 1.54) is 4.90 Å². The number of hydrogen-bond donors (Lipinski definition) is 1. The predicted octanol–water partition coefficient (Wildman–Crippen LogP) is 2.73. The number of aryl methyl sites for hydroxylation is 3. The van der Waals surface area contributed by atoms with Crippen LogP contribution in [0.1, 0.15) is 35.9 Å². The molecule has 0 radical (unpaired) electrons. The fourth-order valence-corrected chi connectivity index (χ4v) is 2.98. The third-order valence-corrected chi connectivity index (χ3v) is 4.60. The number of aromatic nitrogens is 1. The Hall–Kier alpha value is -2.63. The van der Waals surface area contributed by atoms with Crippen molar-refractivity contribution < 1.29 is 14.1 Å². The third kappa shape index (κ3) is 2.91. The summed E-state index contributed by atoms with van der Waals surface area (Å²) in [5.41, 5.74) is 1.74. The second kappa shape index (κ2) is 6.11. The number of rotatable bonds is 5. The number of nitrogens with one attached hydrogen (secondary N) is 1. The van der Waals surface area contributed by atoms with Crippen LogP contribution >= 0.6 is 0 Å². The van der Waals surface area contributed by atoms with Crippen LogP contribution in [0.5, 0.6) is 0 Å². The first-order valence-electron chi connectivity index (χ1n) is 8.00. The first-order chi connectivity index (χ1) is 11.4. The standard InChI is InChI=1S/C18H21N3O3/c1-12-15(13(2)24-20-12)11-21-16(22)18(3,19-17(21)23)10-9-14-7-5-4-6-8-14/h4-8H,9-11H2,1-3H3,(H,19,23)/t18-/m1/s1. The van der Waals surface area contributed by atoms with Crippen LogP contribution < -0.4 is 5.32 Å². The normalized spacial score (nSPS) is 20.5. The van der Waals surface area contributed by atoms with E-state index < -0.39 is 5.54 Å². The van der Waals surface area contributed by atoms with E-state index in [4.69, 9.17) is 4.52 Å². The second-order valence-corrected chi connectivity index (χ2v) is 6.44. The molecule has 1 aliphatic heterocycles. The summed E-state index contributed by atoms with van der Waals surface area (Å²) in [6.45, 7) is 5.55. The highest BCUT2D eigenvalue weighted by Gasteiger charge is 2.47. The number of nitrogens with zero attached hydrogens (tertiary/aromatic N) is 2. The zero-order chi connectivity index (χ0) is 17.3. The number of urea groups is 1. The Morgan fingerprint density at radius 3 is 2.54 bits per heavy atom. The average molecular weight is 327 g/mol. The van der Waals surface area contributed by atoms with E-state index >= 15 is 0 Å². The molecule has 126 valence electrons. The van der Waals surface area contributed by atoms with Crippen molar-refractivity contribution in [1.82, 2.24) is 15.4 Å². The van der Waals surface area contributed by atoms with Gasteiger partial charge in [-0.2, -0.15) is 0 Å². The van der Waals surface area contributed by atoms with Crippen LogP contribution in [0.25, 0.3) is 0 Å². The fourth-order valence-electron chi connectivity index (χ4n) is 2.98. The molecule has 3 rings (SSSR count). The van der Waals surface area contributed by atoms with Crippen LogP contribution in [-0.4, -0.2) is 27.5 Å². The van der Waals surface area contributed by atoms with Gasteiger partial charge in [0.2, 0.25) is 0 Å². The van der Waals surface area contributed by atoms with Crippen molar-refractivity contribution in [2.75, 3.05) is 0 Å². The summed E-state index contributed by atoms with van der Waals surface area (Å²) in [5.74, 6) is 0.425. The Balaban J connectivity index is 1.73. The molecule has 2 aromatic rings. The van der Waals surface area contributed by atoms with Gasteiger partial charge in [0.1, 0.15) is 11.3 Å². The van der Waals surface area contributed by atoms with Gasteiger partial charge in [-0.25, -0.2) is 4.79 Å². The molecule has 2 heterocycles. The zero-order valence-corrected chi connectivity index (χ0v) is 14.1. The molecule has 0 aliphatic carbocycles. The van der Waals surface area contributed by atoms with Gasteiger partial charge in [-0.15, -0.1) is 0 Å². The van der Waals surface area contributed by atoms with Gasteiger partial charge in [-0.1, -0.05) is 35.5 Å². The maximum Gasteiger partial charge on any atom is 0.325 e. The van der Waals surface area contributed by atoms with E-state index in [-0.39, 0.29) is 18.5 Å². The molecule has 1 aromatic carbocycles. The number of hydrogen-bond acceptors (Lipinski definition) is 4. The molecule has 1 N–H and O–H groups in total. The first-order valence-corrected chi connectivity index (χ1v) is 8.00. The fraction of sp³-hybridized carbons (Fsp3) is 0.389. The minimum absolute atomic E-state index is 0.187. The molecule has 1 fully saturated rings. The summed E-state index contributed by atoms with van der Waals surface area (Å²) in [5, 5.41) is 6.71. The van der Waals surface area contributed by atoms with Crippen LogP contribution in [0.4, 0.5) is 4.79 Å². The third-order valence-electron chi connectivity index (χ3n) is 4.60. The highest BCUT2D eigenvalue weighted by Crippen LogP contribution is 2.26. The smallest absolute Gasteiger partial charge is 0.325 e. The largest absolute Gasteiger partial charge is 0.361 e. The molecular formula is C18H21N3O3. The lowest BCUT2D eigenvalue weighted by molar-refractivity contribution is -0.131. The van der Waals surface area contributed by atoms with Crippen LogP contribution in [0.15, 0.2) is 34.9 Å². The summed E-state index contributed by atoms with van der Waals surface area (Å²) in [7, 11) is 0. The predicted molar refractivity (Wildman–Crippen MR) is 88.2 cm³/mol. The maximum absolute atomic E-state index is 12.8. The van der Waals surface area contributed by atoms with Crippen molar-refractivity contribution in [3.63, 3.8) is 0 Å². The summed E-state index contributed by atoms with van der Waals surface area (Å²) < 4.78 is 5.11. The first kappa shape index (κ1) is 16.2. The van der Waals surface area contributed by atoms with E-state index in [9.17, 15) is 9.59 Å². The van der Waals surface area contributed by atoms with Crippen molar-refractivity contribution in [3.8, 4) is 0 Å². The van der Waals surface area contributed by atoms with Crippen molar-refractivity contribution in [1.29, 1.82) is 0 Å². The van der Waals surface area contributed by atoms with Crippen LogP contribution in [0.3, 0.4) is 0 Å². The van der Waals surface area contributed by atoms with Gasteiger partial charge >= 0.3 is 6.03 Å².